The second kappa shape index (κ2) is 10.7. The third-order valence-electron chi connectivity index (χ3n) is 5.59. The van der Waals surface area contributed by atoms with E-state index in [9.17, 15) is 4.79 Å². The van der Waals surface area contributed by atoms with Crippen molar-refractivity contribution in [3.63, 3.8) is 0 Å². The van der Waals surface area contributed by atoms with Crippen molar-refractivity contribution in [2.75, 3.05) is 26.2 Å². The van der Waals surface area contributed by atoms with Gasteiger partial charge in [-0.1, -0.05) is 60.8 Å². The number of aryl methyl sites for hydroxylation is 2. The summed E-state index contributed by atoms with van der Waals surface area (Å²) in [6.07, 6.45) is 4.90. The van der Waals surface area contributed by atoms with Crippen molar-refractivity contribution in [1.82, 2.24) is 10.2 Å². The van der Waals surface area contributed by atoms with Crippen LogP contribution in [0, 0.1) is 13.8 Å². The highest BCUT2D eigenvalue weighted by atomic mass is 35.5. The van der Waals surface area contributed by atoms with Gasteiger partial charge in [-0.2, -0.15) is 0 Å². The Labute approximate surface area is 179 Å². The molecule has 1 amide bonds. The lowest BCUT2D eigenvalue weighted by atomic mass is 10.0. The van der Waals surface area contributed by atoms with Crippen molar-refractivity contribution in [2.45, 2.75) is 45.6 Å². The van der Waals surface area contributed by atoms with Crippen molar-refractivity contribution >= 4 is 17.5 Å². The average Bonchev–Trinajstić information content (AvgIpc) is 2.98. The molecule has 1 heterocycles. The predicted molar refractivity (Wildman–Crippen MR) is 119 cm³/mol. The predicted octanol–water partition coefficient (Wildman–Crippen LogP) is 5.07. The molecule has 1 fully saturated rings. The molecule has 0 unspecified atom stereocenters. The normalized spacial score (nSPS) is 16.1. The lowest BCUT2D eigenvalue weighted by molar-refractivity contribution is -0.123. The smallest absolute Gasteiger partial charge is 0.258 e. The highest BCUT2D eigenvalue weighted by Gasteiger charge is 2.24. The number of hydrogen-bond acceptors (Lipinski definition) is 3. The van der Waals surface area contributed by atoms with Crippen LogP contribution in [0.15, 0.2) is 42.5 Å². The molecule has 0 bridgehead atoms. The van der Waals surface area contributed by atoms with E-state index < -0.39 is 0 Å². The first-order valence-electron chi connectivity index (χ1n) is 10.5. The first-order valence-corrected chi connectivity index (χ1v) is 10.9. The molecule has 3 rings (SSSR count). The van der Waals surface area contributed by atoms with Gasteiger partial charge in [0, 0.05) is 11.6 Å². The summed E-state index contributed by atoms with van der Waals surface area (Å²) in [4.78, 5) is 15.0. The van der Waals surface area contributed by atoms with Gasteiger partial charge in [0.25, 0.3) is 5.91 Å². The molecule has 0 radical (unpaired) electrons. The molecule has 1 aliphatic rings. The summed E-state index contributed by atoms with van der Waals surface area (Å²) in [5.74, 6) is 0.678. The molecule has 4 nitrogen and oxygen atoms in total. The Morgan fingerprint density at radius 2 is 1.69 bits per heavy atom. The van der Waals surface area contributed by atoms with Crippen LogP contribution in [0.5, 0.6) is 5.75 Å². The number of nitrogens with one attached hydrogen (secondary N) is 1. The van der Waals surface area contributed by atoms with Crippen LogP contribution >= 0.6 is 11.6 Å². The fourth-order valence-electron chi connectivity index (χ4n) is 4.01. The number of rotatable bonds is 7. The molecule has 2 aromatic rings. The third kappa shape index (κ3) is 5.97. The lowest BCUT2D eigenvalue weighted by Crippen LogP contribution is -2.40. The third-order valence-corrected chi connectivity index (χ3v) is 5.94. The molecule has 2 aromatic carbocycles. The number of carbonyl (C=O) groups is 1. The highest BCUT2D eigenvalue weighted by Crippen LogP contribution is 2.29. The number of benzene rings is 2. The van der Waals surface area contributed by atoms with Gasteiger partial charge in [-0.15, -0.1) is 0 Å². The molecule has 29 heavy (non-hydrogen) atoms. The Kier molecular flexibility index (Phi) is 7.96. The van der Waals surface area contributed by atoms with E-state index in [0.717, 1.165) is 40.6 Å². The van der Waals surface area contributed by atoms with E-state index in [0.29, 0.717) is 6.54 Å². The number of halogens is 1. The monoisotopic (exact) mass is 414 g/mol. The van der Waals surface area contributed by atoms with Crippen LogP contribution in [-0.4, -0.2) is 37.0 Å². The van der Waals surface area contributed by atoms with Crippen LogP contribution in [0.1, 0.15) is 48.4 Å². The first kappa shape index (κ1) is 21.7. The number of hydrogen-bond donors (Lipinski definition) is 1. The molecular weight excluding hydrogens is 384 g/mol. The SMILES string of the molecule is Cc1cccc(C)c1OCC(=O)NC[C@@H](c1ccccc1Cl)N1CCCCCC1. The molecule has 0 aromatic heterocycles. The molecule has 5 heteroatoms. The number of amides is 1. The molecule has 1 N–H and O–H groups in total. The maximum atomic E-state index is 12.5. The summed E-state index contributed by atoms with van der Waals surface area (Å²) in [6, 6.07) is 14.0. The van der Waals surface area contributed by atoms with Crippen molar-refractivity contribution in [2.24, 2.45) is 0 Å². The topological polar surface area (TPSA) is 41.6 Å². The number of para-hydroxylation sites is 1. The van der Waals surface area contributed by atoms with Crippen LogP contribution in [0.4, 0.5) is 0 Å². The van der Waals surface area contributed by atoms with Crippen molar-refractivity contribution in [3.05, 3.63) is 64.2 Å². The summed E-state index contributed by atoms with van der Waals surface area (Å²) in [6.45, 7) is 6.59. The molecule has 0 aliphatic carbocycles. The van der Waals surface area contributed by atoms with Gasteiger partial charge in [0.1, 0.15) is 5.75 Å². The minimum atomic E-state index is -0.112. The Morgan fingerprint density at radius 1 is 1.03 bits per heavy atom. The van der Waals surface area contributed by atoms with E-state index in [1.54, 1.807) is 0 Å². The van der Waals surface area contributed by atoms with E-state index in [-0.39, 0.29) is 18.6 Å². The number of ether oxygens (including phenoxy) is 1. The standard InChI is InChI=1S/C24H31ClN2O2/c1-18-10-9-11-19(2)24(18)29-17-23(28)26-16-22(20-12-5-6-13-21(20)25)27-14-7-3-4-8-15-27/h5-6,9-13,22H,3-4,7-8,14-17H2,1-2H3,(H,26,28)/t22-/m0/s1. The average molecular weight is 415 g/mol. The Bertz CT molecular complexity index is 796. The zero-order chi connectivity index (χ0) is 20.6. The van der Waals surface area contributed by atoms with Gasteiger partial charge in [-0.25, -0.2) is 0 Å². The van der Waals surface area contributed by atoms with Gasteiger partial charge in [-0.05, 0) is 62.5 Å². The zero-order valence-corrected chi connectivity index (χ0v) is 18.2. The maximum absolute atomic E-state index is 12.5. The van der Waals surface area contributed by atoms with Crippen molar-refractivity contribution in [1.29, 1.82) is 0 Å². The van der Waals surface area contributed by atoms with Crippen molar-refractivity contribution in [3.8, 4) is 5.75 Å². The minimum Gasteiger partial charge on any atom is -0.483 e. The fourth-order valence-corrected chi connectivity index (χ4v) is 4.28. The Morgan fingerprint density at radius 3 is 2.34 bits per heavy atom. The number of likely N-dealkylation sites (tertiary alicyclic amines) is 1. The minimum absolute atomic E-state index is 0.0148. The lowest BCUT2D eigenvalue weighted by Gasteiger charge is -2.31. The summed E-state index contributed by atoms with van der Waals surface area (Å²) in [5, 5.41) is 3.82. The largest absolute Gasteiger partial charge is 0.483 e. The van der Waals surface area contributed by atoms with Crippen LogP contribution in [0.2, 0.25) is 5.02 Å². The highest BCUT2D eigenvalue weighted by molar-refractivity contribution is 6.31. The van der Waals surface area contributed by atoms with Gasteiger partial charge < -0.3 is 10.1 Å². The van der Waals surface area contributed by atoms with E-state index in [1.807, 2.05) is 50.2 Å². The van der Waals surface area contributed by atoms with Crippen LogP contribution in [0.25, 0.3) is 0 Å². The summed E-state index contributed by atoms with van der Waals surface area (Å²) >= 11 is 6.51. The van der Waals surface area contributed by atoms with Crippen LogP contribution in [0.3, 0.4) is 0 Å². The van der Waals surface area contributed by atoms with Gasteiger partial charge in [-0.3, -0.25) is 9.69 Å². The maximum Gasteiger partial charge on any atom is 0.258 e. The van der Waals surface area contributed by atoms with Crippen LogP contribution in [-0.2, 0) is 4.79 Å². The van der Waals surface area contributed by atoms with E-state index >= 15 is 0 Å². The molecule has 1 aliphatic heterocycles. The first-order chi connectivity index (χ1) is 14.1. The second-order valence-corrected chi connectivity index (χ2v) is 8.21. The van der Waals surface area contributed by atoms with E-state index in [1.165, 1.54) is 25.7 Å². The van der Waals surface area contributed by atoms with E-state index in [2.05, 4.69) is 16.3 Å². The molecule has 0 saturated carbocycles. The zero-order valence-electron chi connectivity index (χ0n) is 17.4. The van der Waals surface area contributed by atoms with Gasteiger partial charge >= 0.3 is 0 Å². The number of nitrogens with zero attached hydrogens (tertiary/aromatic N) is 1. The second-order valence-electron chi connectivity index (χ2n) is 7.80. The summed E-state index contributed by atoms with van der Waals surface area (Å²) in [5.41, 5.74) is 3.15. The molecule has 0 spiro atoms. The quantitative estimate of drug-likeness (QED) is 0.687. The number of carbonyl (C=O) groups excluding carboxylic acids is 1. The molecule has 1 saturated heterocycles. The molecular formula is C24H31ClN2O2. The van der Waals surface area contributed by atoms with Crippen LogP contribution < -0.4 is 10.1 Å². The fraction of sp³-hybridized carbons (Fsp3) is 0.458. The van der Waals surface area contributed by atoms with Gasteiger partial charge in [0.15, 0.2) is 6.61 Å². The van der Waals surface area contributed by atoms with Crippen molar-refractivity contribution < 1.29 is 9.53 Å². The van der Waals surface area contributed by atoms with Gasteiger partial charge in [0.05, 0.1) is 6.04 Å². The van der Waals surface area contributed by atoms with E-state index in [4.69, 9.17) is 16.3 Å². The Hall–Kier alpha value is -2.04. The summed E-state index contributed by atoms with van der Waals surface area (Å²) in [7, 11) is 0. The molecule has 1 atom stereocenters. The molecule has 156 valence electrons. The summed E-state index contributed by atoms with van der Waals surface area (Å²) < 4.78 is 5.80. The van der Waals surface area contributed by atoms with Gasteiger partial charge in [0.2, 0.25) is 0 Å². The Balaban J connectivity index is 1.64.